The van der Waals surface area contributed by atoms with Crippen molar-refractivity contribution in [3.8, 4) is 0 Å². The van der Waals surface area contributed by atoms with Crippen molar-refractivity contribution in [3.05, 3.63) is 35.7 Å². The Morgan fingerprint density at radius 3 is 2.76 bits per heavy atom. The van der Waals surface area contributed by atoms with Crippen molar-refractivity contribution >= 4 is 11.5 Å². The van der Waals surface area contributed by atoms with E-state index in [1.165, 1.54) is 12.8 Å². The zero-order valence-corrected chi connectivity index (χ0v) is 15.3. The molecular formula is C18H25N7. The Bertz CT molecular complexity index is 888. The third-order valence-electron chi connectivity index (χ3n) is 4.78. The number of rotatable bonds is 6. The lowest BCUT2D eigenvalue weighted by Crippen LogP contribution is -2.21. The maximum Gasteiger partial charge on any atom is 0.157 e. The van der Waals surface area contributed by atoms with Crippen LogP contribution in [-0.4, -0.2) is 29.4 Å². The van der Waals surface area contributed by atoms with Gasteiger partial charge in [0.15, 0.2) is 5.65 Å². The van der Waals surface area contributed by atoms with Crippen LogP contribution in [0.1, 0.15) is 62.8 Å². The standard InChI is InChI=1S/C18H25N7/c1-5-24-18(19-10-20-24)17(13-6-7-13)22-16-9-14(11(2)3)21-15-8-12(4)23-25(15)16/h8-11,13,17,22H,5-7H2,1-4H3. The van der Waals surface area contributed by atoms with Crippen LogP contribution in [0.25, 0.3) is 5.65 Å². The summed E-state index contributed by atoms with van der Waals surface area (Å²) in [6, 6.07) is 4.29. The largest absolute Gasteiger partial charge is 0.360 e. The summed E-state index contributed by atoms with van der Waals surface area (Å²) in [6.45, 7) is 9.25. The molecule has 3 heterocycles. The van der Waals surface area contributed by atoms with Crippen molar-refractivity contribution in [1.82, 2.24) is 29.4 Å². The first kappa shape index (κ1) is 16.1. The number of nitrogens with one attached hydrogen (secondary N) is 1. The Kier molecular flexibility index (Phi) is 3.94. The highest BCUT2D eigenvalue weighted by molar-refractivity contribution is 5.51. The van der Waals surface area contributed by atoms with E-state index in [0.717, 1.165) is 35.2 Å². The number of anilines is 1. The minimum atomic E-state index is 0.151. The SMILES string of the molecule is CCn1ncnc1C(Nc1cc(C(C)C)nc2cc(C)nn12)C1CC1. The fourth-order valence-electron chi connectivity index (χ4n) is 3.25. The van der Waals surface area contributed by atoms with Crippen LogP contribution in [0.5, 0.6) is 0 Å². The molecule has 0 saturated heterocycles. The minimum absolute atomic E-state index is 0.151. The maximum absolute atomic E-state index is 4.75. The molecule has 1 unspecified atom stereocenters. The van der Waals surface area contributed by atoms with Crippen LogP contribution in [0.4, 0.5) is 5.82 Å². The van der Waals surface area contributed by atoms with Gasteiger partial charge in [-0.1, -0.05) is 13.8 Å². The monoisotopic (exact) mass is 339 g/mol. The fourth-order valence-corrected chi connectivity index (χ4v) is 3.25. The van der Waals surface area contributed by atoms with Gasteiger partial charge < -0.3 is 5.32 Å². The van der Waals surface area contributed by atoms with E-state index in [-0.39, 0.29) is 6.04 Å². The van der Waals surface area contributed by atoms with Crippen LogP contribution < -0.4 is 5.32 Å². The first-order chi connectivity index (χ1) is 12.1. The van der Waals surface area contributed by atoms with Crippen molar-refractivity contribution < 1.29 is 0 Å². The molecule has 25 heavy (non-hydrogen) atoms. The summed E-state index contributed by atoms with van der Waals surface area (Å²) in [5, 5.41) is 12.7. The number of nitrogens with zero attached hydrogens (tertiary/aromatic N) is 6. The number of aromatic nitrogens is 6. The Hall–Kier alpha value is -2.44. The van der Waals surface area contributed by atoms with Crippen molar-refractivity contribution in [2.24, 2.45) is 5.92 Å². The van der Waals surface area contributed by atoms with Crippen LogP contribution in [0.3, 0.4) is 0 Å². The lowest BCUT2D eigenvalue weighted by molar-refractivity contribution is 0.543. The number of aryl methyl sites for hydroxylation is 2. The Morgan fingerprint density at radius 2 is 2.08 bits per heavy atom. The zero-order chi connectivity index (χ0) is 17.6. The molecule has 7 heteroatoms. The predicted molar refractivity (Wildman–Crippen MR) is 96.6 cm³/mol. The van der Waals surface area contributed by atoms with Gasteiger partial charge >= 0.3 is 0 Å². The second-order valence-corrected chi connectivity index (χ2v) is 7.17. The minimum Gasteiger partial charge on any atom is -0.360 e. The lowest BCUT2D eigenvalue weighted by atomic mass is 10.1. The fraction of sp³-hybridized carbons (Fsp3) is 0.556. The van der Waals surface area contributed by atoms with Crippen molar-refractivity contribution in [2.45, 2.75) is 59.0 Å². The van der Waals surface area contributed by atoms with E-state index in [4.69, 9.17) is 4.98 Å². The van der Waals surface area contributed by atoms with Crippen LogP contribution >= 0.6 is 0 Å². The van der Waals surface area contributed by atoms with Gasteiger partial charge in [0.2, 0.25) is 0 Å². The van der Waals surface area contributed by atoms with E-state index in [1.807, 2.05) is 22.2 Å². The molecule has 0 aromatic carbocycles. The topological polar surface area (TPSA) is 72.9 Å². The molecule has 0 spiro atoms. The van der Waals surface area contributed by atoms with Crippen LogP contribution in [0.2, 0.25) is 0 Å². The number of fused-ring (bicyclic) bond motifs is 1. The summed E-state index contributed by atoms with van der Waals surface area (Å²) in [5.74, 6) is 2.94. The van der Waals surface area contributed by atoms with Crippen molar-refractivity contribution in [2.75, 3.05) is 5.32 Å². The molecule has 0 bridgehead atoms. The average molecular weight is 339 g/mol. The smallest absolute Gasteiger partial charge is 0.157 e. The summed E-state index contributed by atoms with van der Waals surface area (Å²) in [7, 11) is 0. The molecule has 3 aromatic heterocycles. The molecule has 7 nitrogen and oxygen atoms in total. The third-order valence-corrected chi connectivity index (χ3v) is 4.78. The summed E-state index contributed by atoms with van der Waals surface area (Å²) >= 11 is 0. The molecule has 1 fully saturated rings. The summed E-state index contributed by atoms with van der Waals surface area (Å²) in [5.41, 5.74) is 2.93. The van der Waals surface area contributed by atoms with Crippen molar-refractivity contribution in [3.63, 3.8) is 0 Å². The van der Waals surface area contributed by atoms with E-state index in [0.29, 0.717) is 11.8 Å². The quantitative estimate of drug-likeness (QED) is 0.746. The predicted octanol–water partition coefficient (Wildman–Crippen LogP) is 3.34. The van der Waals surface area contributed by atoms with Gasteiger partial charge in [0, 0.05) is 24.4 Å². The molecule has 1 aliphatic rings. The van der Waals surface area contributed by atoms with Gasteiger partial charge in [0.25, 0.3) is 0 Å². The van der Waals surface area contributed by atoms with Gasteiger partial charge in [-0.05, 0) is 38.5 Å². The maximum atomic E-state index is 4.75. The second-order valence-electron chi connectivity index (χ2n) is 7.17. The first-order valence-electron chi connectivity index (χ1n) is 9.08. The number of hydrogen-bond acceptors (Lipinski definition) is 5. The van der Waals surface area contributed by atoms with E-state index in [2.05, 4.69) is 47.3 Å². The van der Waals surface area contributed by atoms with Crippen LogP contribution in [0, 0.1) is 12.8 Å². The molecular weight excluding hydrogens is 314 g/mol. The molecule has 1 atom stereocenters. The van der Waals surface area contributed by atoms with Crippen LogP contribution in [0.15, 0.2) is 18.5 Å². The summed E-state index contributed by atoms with van der Waals surface area (Å²) in [6.07, 6.45) is 4.09. The highest BCUT2D eigenvalue weighted by Crippen LogP contribution is 2.42. The van der Waals surface area contributed by atoms with Gasteiger partial charge in [-0.2, -0.15) is 14.7 Å². The van der Waals surface area contributed by atoms with E-state index in [1.54, 1.807) is 6.33 Å². The summed E-state index contributed by atoms with van der Waals surface area (Å²) < 4.78 is 3.88. The number of hydrogen-bond donors (Lipinski definition) is 1. The molecule has 1 saturated carbocycles. The van der Waals surface area contributed by atoms with Crippen molar-refractivity contribution in [1.29, 1.82) is 0 Å². The zero-order valence-electron chi connectivity index (χ0n) is 15.3. The molecule has 3 aromatic rings. The summed E-state index contributed by atoms with van der Waals surface area (Å²) in [4.78, 5) is 9.28. The second kappa shape index (κ2) is 6.13. The Labute approximate surface area is 147 Å². The normalized spacial score (nSPS) is 15.9. The highest BCUT2D eigenvalue weighted by Gasteiger charge is 2.35. The molecule has 0 amide bonds. The molecule has 0 radical (unpaired) electrons. The van der Waals surface area contributed by atoms with Gasteiger partial charge in [-0.25, -0.2) is 14.6 Å². The van der Waals surface area contributed by atoms with Gasteiger partial charge in [0.05, 0.1) is 11.7 Å². The molecule has 4 rings (SSSR count). The highest BCUT2D eigenvalue weighted by atomic mass is 15.4. The Morgan fingerprint density at radius 1 is 1.28 bits per heavy atom. The van der Waals surface area contributed by atoms with E-state index >= 15 is 0 Å². The third kappa shape index (κ3) is 2.99. The van der Waals surface area contributed by atoms with Gasteiger partial charge in [0.1, 0.15) is 18.0 Å². The molecule has 1 N–H and O–H groups in total. The first-order valence-corrected chi connectivity index (χ1v) is 9.08. The molecule has 132 valence electrons. The Balaban J connectivity index is 1.77. The van der Waals surface area contributed by atoms with Gasteiger partial charge in [-0.3, -0.25) is 0 Å². The van der Waals surface area contributed by atoms with Gasteiger partial charge in [-0.15, -0.1) is 0 Å². The lowest BCUT2D eigenvalue weighted by Gasteiger charge is -2.20. The average Bonchev–Trinajstić information content (AvgIpc) is 3.18. The van der Waals surface area contributed by atoms with E-state index < -0.39 is 0 Å². The molecule has 1 aliphatic carbocycles. The van der Waals surface area contributed by atoms with E-state index in [9.17, 15) is 0 Å². The van der Waals surface area contributed by atoms with Crippen LogP contribution in [-0.2, 0) is 6.54 Å². The molecule has 0 aliphatic heterocycles.